The summed E-state index contributed by atoms with van der Waals surface area (Å²) < 4.78 is 0. The van der Waals surface area contributed by atoms with Crippen LogP contribution in [-0.4, -0.2) is 25.5 Å². The van der Waals surface area contributed by atoms with Gasteiger partial charge in [-0.2, -0.15) is 0 Å². The van der Waals surface area contributed by atoms with Crippen LogP contribution in [0.15, 0.2) is 54.6 Å². The van der Waals surface area contributed by atoms with Gasteiger partial charge in [-0.25, -0.2) is 4.79 Å². The first-order chi connectivity index (χ1) is 12.5. The van der Waals surface area contributed by atoms with E-state index in [1.807, 2.05) is 18.2 Å². The van der Waals surface area contributed by atoms with Gasteiger partial charge in [0.15, 0.2) is 0 Å². The summed E-state index contributed by atoms with van der Waals surface area (Å²) in [4.78, 5) is 25.2. The molecular weight excluding hydrogens is 326 g/mol. The molecule has 0 heterocycles. The van der Waals surface area contributed by atoms with Gasteiger partial charge in [-0.3, -0.25) is 4.79 Å². The van der Waals surface area contributed by atoms with E-state index in [0.717, 1.165) is 18.5 Å². The number of hydrogen-bond acceptors (Lipinski definition) is 2. The molecule has 26 heavy (non-hydrogen) atoms. The van der Waals surface area contributed by atoms with Crippen LogP contribution in [0.4, 0.5) is 16.2 Å². The number of carbonyl (C=O) groups is 2. The van der Waals surface area contributed by atoms with Crippen molar-refractivity contribution in [1.82, 2.24) is 5.32 Å². The zero-order valence-corrected chi connectivity index (χ0v) is 15.3. The first-order valence-electron chi connectivity index (χ1n) is 8.95. The monoisotopic (exact) mass is 351 g/mol. The Morgan fingerprint density at radius 2 is 1.69 bits per heavy atom. The van der Waals surface area contributed by atoms with Gasteiger partial charge in [0.1, 0.15) is 0 Å². The lowest BCUT2D eigenvalue weighted by atomic mass is 9.64. The highest BCUT2D eigenvalue weighted by atomic mass is 16.2. The fraction of sp³-hybridized carbons (Fsp3) is 0.333. The summed E-state index contributed by atoms with van der Waals surface area (Å²) in [5, 5.41) is 5.87. The molecule has 2 N–H and O–H groups in total. The Hall–Kier alpha value is -2.82. The van der Waals surface area contributed by atoms with Crippen LogP contribution in [0.5, 0.6) is 0 Å². The molecule has 0 aliphatic heterocycles. The Morgan fingerprint density at radius 3 is 2.23 bits per heavy atom. The number of hydrogen-bond donors (Lipinski definition) is 2. The molecule has 5 heteroatoms. The summed E-state index contributed by atoms with van der Waals surface area (Å²) in [7, 11) is 1.72. The third-order valence-corrected chi connectivity index (χ3v) is 5.27. The van der Waals surface area contributed by atoms with Crippen LogP contribution < -0.4 is 15.5 Å². The maximum absolute atomic E-state index is 12.3. The van der Waals surface area contributed by atoms with Crippen molar-refractivity contribution < 1.29 is 9.59 Å². The van der Waals surface area contributed by atoms with E-state index in [1.54, 1.807) is 24.1 Å². The molecule has 3 rings (SSSR count). The average Bonchev–Trinajstić information content (AvgIpc) is 2.61. The highest BCUT2D eigenvalue weighted by Gasteiger charge is 2.38. The summed E-state index contributed by atoms with van der Waals surface area (Å²) in [5.74, 6) is -0.0323. The molecule has 1 fully saturated rings. The van der Waals surface area contributed by atoms with Gasteiger partial charge < -0.3 is 15.5 Å². The second-order valence-electron chi connectivity index (χ2n) is 6.93. The summed E-state index contributed by atoms with van der Waals surface area (Å²) >= 11 is 0. The van der Waals surface area contributed by atoms with Crippen LogP contribution in [-0.2, 0) is 10.2 Å². The predicted molar refractivity (Wildman–Crippen MR) is 105 cm³/mol. The number of amides is 3. The first kappa shape index (κ1) is 18.0. The summed E-state index contributed by atoms with van der Waals surface area (Å²) in [6.45, 7) is 2.15. The zero-order valence-electron chi connectivity index (χ0n) is 15.3. The molecule has 0 spiro atoms. The third kappa shape index (κ3) is 3.87. The highest BCUT2D eigenvalue weighted by Crippen LogP contribution is 2.43. The second-order valence-corrected chi connectivity index (χ2v) is 6.93. The van der Waals surface area contributed by atoms with E-state index in [9.17, 15) is 9.59 Å². The Labute approximate surface area is 154 Å². The molecule has 0 aromatic heterocycles. The van der Waals surface area contributed by atoms with Gasteiger partial charge >= 0.3 is 6.03 Å². The van der Waals surface area contributed by atoms with Crippen molar-refractivity contribution in [3.63, 3.8) is 0 Å². The molecule has 1 aliphatic rings. The number of carbonyl (C=O) groups excluding carboxylic acids is 2. The maximum atomic E-state index is 12.3. The Kier molecular flexibility index (Phi) is 5.26. The number of rotatable bonds is 5. The average molecular weight is 351 g/mol. The molecule has 136 valence electrons. The minimum Gasteiger partial charge on any atom is -0.337 e. The fourth-order valence-electron chi connectivity index (χ4n) is 3.34. The molecule has 0 bridgehead atoms. The number of urea groups is 1. The number of anilines is 2. The van der Waals surface area contributed by atoms with Crippen LogP contribution in [0.25, 0.3) is 0 Å². The third-order valence-electron chi connectivity index (χ3n) is 5.27. The maximum Gasteiger partial charge on any atom is 0.319 e. The summed E-state index contributed by atoms with van der Waals surface area (Å²) in [6, 6.07) is 17.4. The Bertz CT molecular complexity index is 768. The van der Waals surface area contributed by atoms with Gasteiger partial charge in [0.25, 0.3) is 0 Å². The van der Waals surface area contributed by atoms with Crippen molar-refractivity contribution in [3.05, 3.63) is 60.2 Å². The van der Waals surface area contributed by atoms with E-state index in [0.29, 0.717) is 12.2 Å². The highest BCUT2D eigenvalue weighted by molar-refractivity contribution is 5.92. The van der Waals surface area contributed by atoms with Crippen molar-refractivity contribution in [2.45, 2.75) is 31.6 Å². The molecule has 0 unspecified atom stereocenters. The molecular formula is C21H25N3O2. The fourth-order valence-corrected chi connectivity index (χ4v) is 3.34. The first-order valence-corrected chi connectivity index (χ1v) is 8.95. The molecule has 1 saturated carbocycles. The molecule has 0 atom stereocenters. The Morgan fingerprint density at radius 1 is 1.04 bits per heavy atom. The molecule has 0 saturated heterocycles. The Balaban J connectivity index is 1.57. The molecule has 1 aliphatic carbocycles. The van der Waals surface area contributed by atoms with Gasteiger partial charge in [0.05, 0.1) is 0 Å². The van der Waals surface area contributed by atoms with Gasteiger partial charge in [0, 0.05) is 37.3 Å². The van der Waals surface area contributed by atoms with E-state index < -0.39 is 0 Å². The van der Waals surface area contributed by atoms with Crippen molar-refractivity contribution in [2.75, 3.05) is 23.8 Å². The number of benzene rings is 2. The standard InChI is InChI=1S/C21H25N3O2/c1-16(25)24(2)19-11-9-18(10-12-19)23-20(26)22-15-21(13-6-14-21)17-7-4-3-5-8-17/h3-5,7-12H,6,13-15H2,1-2H3,(H2,22,23,26). The van der Waals surface area contributed by atoms with E-state index >= 15 is 0 Å². The van der Waals surface area contributed by atoms with Crippen LogP contribution in [0.2, 0.25) is 0 Å². The lowest BCUT2D eigenvalue weighted by Gasteiger charge is -2.42. The summed E-state index contributed by atoms with van der Waals surface area (Å²) in [5.41, 5.74) is 2.85. The van der Waals surface area contributed by atoms with Crippen molar-refractivity contribution in [1.29, 1.82) is 0 Å². The van der Waals surface area contributed by atoms with E-state index in [2.05, 4.69) is 34.9 Å². The lowest BCUT2D eigenvalue weighted by Crippen LogP contribution is -2.46. The van der Waals surface area contributed by atoms with Crippen molar-refractivity contribution >= 4 is 23.3 Å². The zero-order chi connectivity index (χ0) is 18.6. The predicted octanol–water partition coefficient (Wildman–Crippen LogP) is 3.91. The van der Waals surface area contributed by atoms with Crippen LogP contribution in [0.3, 0.4) is 0 Å². The molecule has 0 radical (unpaired) electrons. The van der Waals surface area contributed by atoms with Crippen LogP contribution in [0, 0.1) is 0 Å². The van der Waals surface area contributed by atoms with E-state index in [-0.39, 0.29) is 17.4 Å². The van der Waals surface area contributed by atoms with Crippen LogP contribution >= 0.6 is 0 Å². The van der Waals surface area contributed by atoms with Gasteiger partial charge in [-0.05, 0) is 42.7 Å². The molecule has 5 nitrogen and oxygen atoms in total. The second kappa shape index (κ2) is 7.60. The number of nitrogens with zero attached hydrogens (tertiary/aromatic N) is 1. The van der Waals surface area contributed by atoms with Crippen LogP contribution in [0.1, 0.15) is 31.7 Å². The number of nitrogens with one attached hydrogen (secondary N) is 2. The topological polar surface area (TPSA) is 61.4 Å². The van der Waals surface area contributed by atoms with Crippen molar-refractivity contribution in [2.24, 2.45) is 0 Å². The molecule has 3 amide bonds. The smallest absolute Gasteiger partial charge is 0.319 e. The van der Waals surface area contributed by atoms with Gasteiger partial charge in [0.2, 0.25) is 5.91 Å². The van der Waals surface area contributed by atoms with Gasteiger partial charge in [-0.15, -0.1) is 0 Å². The molecule has 2 aromatic carbocycles. The normalized spacial score (nSPS) is 14.8. The van der Waals surface area contributed by atoms with E-state index in [4.69, 9.17) is 0 Å². The minimum atomic E-state index is -0.208. The largest absolute Gasteiger partial charge is 0.337 e. The lowest BCUT2D eigenvalue weighted by molar-refractivity contribution is -0.116. The summed E-state index contributed by atoms with van der Waals surface area (Å²) in [6.07, 6.45) is 3.40. The molecule has 2 aromatic rings. The van der Waals surface area contributed by atoms with Crippen molar-refractivity contribution in [3.8, 4) is 0 Å². The van der Waals surface area contributed by atoms with Gasteiger partial charge in [-0.1, -0.05) is 36.8 Å². The van der Waals surface area contributed by atoms with E-state index in [1.165, 1.54) is 18.9 Å². The SMILES string of the molecule is CC(=O)N(C)c1ccc(NC(=O)NCC2(c3ccccc3)CCC2)cc1. The quantitative estimate of drug-likeness (QED) is 0.858. The minimum absolute atomic E-state index is 0.0323.